The minimum atomic E-state index is -4.38. The van der Waals surface area contributed by atoms with Gasteiger partial charge in [0.2, 0.25) is 0 Å². The second kappa shape index (κ2) is 7.40. The summed E-state index contributed by atoms with van der Waals surface area (Å²) in [4.78, 5) is 4.52. The number of hydrogen-bond donors (Lipinski definition) is 1. The molecular formula is C21H19F3N6. The summed E-state index contributed by atoms with van der Waals surface area (Å²) in [6, 6.07) is 9.06. The normalized spacial score (nSPS) is 11.8. The van der Waals surface area contributed by atoms with Crippen LogP contribution in [0.15, 0.2) is 42.6 Å². The highest BCUT2D eigenvalue weighted by Crippen LogP contribution is 2.30. The summed E-state index contributed by atoms with van der Waals surface area (Å²) >= 11 is 0. The molecule has 9 heteroatoms. The van der Waals surface area contributed by atoms with Gasteiger partial charge < -0.3 is 5.32 Å². The van der Waals surface area contributed by atoms with Gasteiger partial charge in [-0.05, 0) is 50.6 Å². The monoisotopic (exact) mass is 412 g/mol. The molecule has 1 aromatic carbocycles. The molecule has 0 aliphatic carbocycles. The van der Waals surface area contributed by atoms with Crippen LogP contribution in [-0.2, 0) is 12.7 Å². The quantitative estimate of drug-likeness (QED) is 0.523. The number of anilines is 1. The lowest BCUT2D eigenvalue weighted by Gasteiger charge is -2.12. The molecule has 0 atom stereocenters. The van der Waals surface area contributed by atoms with Crippen molar-refractivity contribution in [2.24, 2.45) is 0 Å². The zero-order valence-corrected chi connectivity index (χ0v) is 16.6. The van der Waals surface area contributed by atoms with Gasteiger partial charge in [-0.25, -0.2) is 4.68 Å². The number of nitrogens with zero attached hydrogens (tertiary/aromatic N) is 5. The number of aryl methyl sites for hydroxylation is 3. The van der Waals surface area contributed by atoms with E-state index in [-0.39, 0.29) is 6.54 Å². The highest BCUT2D eigenvalue weighted by atomic mass is 19.4. The Morgan fingerprint density at radius 2 is 1.83 bits per heavy atom. The average Bonchev–Trinajstić information content (AvgIpc) is 3.05. The molecule has 4 aromatic rings. The summed E-state index contributed by atoms with van der Waals surface area (Å²) in [5.41, 5.74) is 3.75. The molecule has 3 heterocycles. The van der Waals surface area contributed by atoms with E-state index in [9.17, 15) is 13.2 Å². The van der Waals surface area contributed by atoms with Crippen LogP contribution in [0.3, 0.4) is 0 Å². The van der Waals surface area contributed by atoms with Crippen molar-refractivity contribution in [1.29, 1.82) is 0 Å². The Morgan fingerprint density at radius 1 is 1.03 bits per heavy atom. The maximum atomic E-state index is 13.0. The van der Waals surface area contributed by atoms with Gasteiger partial charge in [0.15, 0.2) is 5.82 Å². The van der Waals surface area contributed by atoms with Crippen LogP contribution in [0.5, 0.6) is 0 Å². The first-order chi connectivity index (χ1) is 14.2. The zero-order chi connectivity index (χ0) is 21.5. The topological polar surface area (TPSA) is 68.5 Å². The minimum Gasteiger partial charge on any atom is -0.364 e. The van der Waals surface area contributed by atoms with Crippen molar-refractivity contribution in [3.05, 3.63) is 70.8 Å². The Morgan fingerprint density at radius 3 is 2.53 bits per heavy atom. The maximum Gasteiger partial charge on any atom is 0.416 e. The molecule has 0 bridgehead atoms. The van der Waals surface area contributed by atoms with Crippen LogP contribution in [0, 0.1) is 20.8 Å². The Bertz CT molecular complexity index is 1230. The van der Waals surface area contributed by atoms with Crippen molar-refractivity contribution in [2.45, 2.75) is 33.5 Å². The Kier molecular flexibility index (Phi) is 4.89. The Balaban J connectivity index is 1.70. The third-order valence-electron chi connectivity index (χ3n) is 4.74. The van der Waals surface area contributed by atoms with Crippen LogP contribution in [0.4, 0.5) is 19.0 Å². The molecule has 0 saturated carbocycles. The van der Waals surface area contributed by atoms with Crippen LogP contribution < -0.4 is 5.32 Å². The van der Waals surface area contributed by atoms with Gasteiger partial charge >= 0.3 is 6.18 Å². The van der Waals surface area contributed by atoms with Gasteiger partial charge in [-0.3, -0.25) is 4.98 Å². The van der Waals surface area contributed by atoms with E-state index in [1.807, 2.05) is 32.9 Å². The van der Waals surface area contributed by atoms with Crippen molar-refractivity contribution >= 4 is 16.7 Å². The van der Waals surface area contributed by atoms with E-state index >= 15 is 0 Å². The molecule has 0 saturated heterocycles. The summed E-state index contributed by atoms with van der Waals surface area (Å²) in [5.74, 6) is 0.448. The lowest BCUT2D eigenvalue weighted by Crippen LogP contribution is -2.08. The van der Waals surface area contributed by atoms with Gasteiger partial charge in [0.25, 0.3) is 0 Å². The fourth-order valence-corrected chi connectivity index (χ4v) is 3.33. The number of nitrogens with one attached hydrogen (secondary N) is 1. The van der Waals surface area contributed by atoms with E-state index in [4.69, 9.17) is 0 Å². The van der Waals surface area contributed by atoms with Crippen molar-refractivity contribution in [1.82, 2.24) is 25.0 Å². The summed E-state index contributed by atoms with van der Waals surface area (Å²) in [5, 5.41) is 16.6. The predicted octanol–water partition coefficient (Wildman–Crippen LogP) is 4.77. The molecule has 3 aromatic heterocycles. The Hall–Kier alpha value is -3.49. The SMILES string of the molecule is Cc1cc(C)n(-c2cnc3c(C)nnc(NCc4cccc(C(F)(F)F)c4)c3c2)n1. The largest absolute Gasteiger partial charge is 0.416 e. The highest BCUT2D eigenvalue weighted by Gasteiger charge is 2.30. The molecule has 0 radical (unpaired) electrons. The summed E-state index contributed by atoms with van der Waals surface area (Å²) < 4.78 is 40.7. The average molecular weight is 412 g/mol. The number of aromatic nitrogens is 5. The Labute approximate surface area is 170 Å². The van der Waals surface area contributed by atoms with Crippen LogP contribution in [0.1, 0.15) is 28.2 Å². The van der Waals surface area contributed by atoms with Crippen molar-refractivity contribution < 1.29 is 13.2 Å². The first-order valence-electron chi connectivity index (χ1n) is 9.29. The number of halogens is 3. The number of benzene rings is 1. The first kappa shape index (κ1) is 19.8. The van der Waals surface area contributed by atoms with Gasteiger partial charge in [-0.2, -0.15) is 23.4 Å². The number of hydrogen-bond acceptors (Lipinski definition) is 5. The van der Waals surface area contributed by atoms with Gasteiger partial charge in [0, 0.05) is 17.6 Å². The van der Waals surface area contributed by atoms with Crippen molar-refractivity contribution in [2.75, 3.05) is 5.32 Å². The molecule has 0 unspecified atom stereocenters. The summed E-state index contributed by atoms with van der Waals surface area (Å²) in [7, 11) is 0. The van der Waals surface area contributed by atoms with Gasteiger partial charge in [0.1, 0.15) is 0 Å². The zero-order valence-electron chi connectivity index (χ0n) is 16.6. The third-order valence-corrected chi connectivity index (χ3v) is 4.74. The molecule has 0 fully saturated rings. The van der Waals surface area contributed by atoms with E-state index in [1.54, 1.807) is 16.9 Å². The van der Waals surface area contributed by atoms with E-state index < -0.39 is 11.7 Å². The van der Waals surface area contributed by atoms with E-state index in [0.29, 0.717) is 22.6 Å². The smallest absolute Gasteiger partial charge is 0.364 e. The van der Waals surface area contributed by atoms with Gasteiger partial charge in [-0.1, -0.05) is 12.1 Å². The second-order valence-electron chi connectivity index (χ2n) is 7.11. The van der Waals surface area contributed by atoms with Gasteiger partial charge in [0.05, 0.1) is 34.4 Å². The molecular weight excluding hydrogens is 393 g/mol. The molecule has 1 N–H and O–H groups in total. The van der Waals surface area contributed by atoms with Crippen molar-refractivity contribution in [3.63, 3.8) is 0 Å². The van der Waals surface area contributed by atoms with E-state index in [2.05, 4.69) is 25.6 Å². The van der Waals surface area contributed by atoms with Crippen LogP contribution in [0.25, 0.3) is 16.6 Å². The number of fused-ring (bicyclic) bond motifs is 1. The third kappa shape index (κ3) is 3.83. The maximum absolute atomic E-state index is 13.0. The van der Waals surface area contributed by atoms with Crippen LogP contribution in [0.2, 0.25) is 0 Å². The molecule has 0 amide bonds. The van der Waals surface area contributed by atoms with E-state index in [1.165, 1.54) is 6.07 Å². The molecule has 154 valence electrons. The molecule has 6 nitrogen and oxygen atoms in total. The molecule has 0 spiro atoms. The summed E-state index contributed by atoms with van der Waals surface area (Å²) in [6.07, 6.45) is -2.67. The second-order valence-corrected chi connectivity index (χ2v) is 7.11. The van der Waals surface area contributed by atoms with E-state index in [0.717, 1.165) is 34.6 Å². The minimum absolute atomic E-state index is 0.168. The fraction of sp³-hybridized carbons (Fsp3) is 0.238. The number of rotatable bonds is 4. The number of pyridine rings is 1. The molecule has 30 heavy (non-hydrogen) atoms. The first-order valence-corrected chi connectivity index (χ1v) is 9.29. The molecule has 4 rings (SSSR count). The standard InChI is InChI=1S/C21H19F3N6/c1-12-7-13(2)30(29-12)17-9-18-19(25-11-17)14(3)27-28-20(18)26-10-15-5-4-6-16(8-15)21(22,23)24/h4-9,11H,10H2,1-3H3,(H,26,28). The predicted molar refractivity (Wildman–Crippen MR) is 107 cm³/mol. The summed E-state index contributed by atoms with van der Waals surface area (Å²) in [6.45, 7) is 5.84. The highest BCUT2D eigenvalue weighted by molar-refractivity contribution is 5.91. The number of alkyl halides is 3. The molecule has 0 aliphatic rings. The van der Waals surface area contributed by atoms with Crippen LogP contribution >= 0.6 is 0 Å². The fourth-order valence-electron chi connectivity index (χ4n) is 3.33. The van der Waals surface area contributed by atoms with Crippen molar-refractivity contribution in [3.8, 4) is 5.69 Å². The molecule has 0 aliphatic heterocycles. The van der Waals surface area contributed by atoms with Gasteiger partial charge in [-0.15, -0.1) is 5.10 Å². The lowest BCUT2D eigenvalue weighted by molar-refractivity contribution is -0.137. The lowest BCUT2D eigenvalue weighted by atomic mass is 10.1. The van der Waals surface area contributed by atoms with Crippen LogP contribution in [-0.4, -0.2) is 25.0 Å².